The third-order valence-electron chi connectivity index (χ3n) is 3.63. The molecule has 0 saturated heterocycles. The highest BCUT2D eigenvalue weighted by Gasteiger charge is 2.29. The second-order valence-electron chi connectivity index (χ2n) is 5.17. The van der Waals surface area contributed by atoms with Crippen molar-refractivity contribution in [2.75, 3.05) is 11.5 Å². The molecule has 1 heterocycles. The molecule has 1 atom stereocenters. The minimum Gasteiger partial charge on any atom is -0.444 e. The second kappa shape index (κ2) is 7.11. The van der Waals surface area contributed by atoms with E-state index in [4.69, 9.17) is 9.47 Å². The minimum atomic E-state index is -0.446. The van der Waals surface area contributed by atoms with Gasteiger partial charge in [-0.05, 0) is 30.2 Å². The van der Waals surface area contributed by atoms with Crippen LogP contribution in [0.2, 0.25) is 0 Å². The number of hydrogen-bond acceptors (Lipinski definition) is 3. The maximum absolute atomic E-state index is 12.6. The summed E-state index contributed by atoms with van der Waals surface area (Å²) in [4.78, 5) is 14.2. The van der Waals surface area contributed by atoms with E-state index in [0.29, 0.717) is 6.61 Å². The predicted octanol–water partition coefficient (Wildman–Crippen LogP) is 4.22. The van der Waals surface area contributed by atoms with Gasteiger partial charge in [-0.25, -0.2) is 9.69 Å². The molecule has 0 radical (unpaired) electrons. The van der Waals surface area contributed by atoms with Crippen LogP contribution in [0.15, 0.2) is 60.7 Å². The smallest absolute Gasteiger partial charge is 0.417 e. The van der Waals surface area contributed by atoms with Crippen LogP contribution in [-0.4, -0.2) is 18.9 Å². The van der Waals surface area contributed by atoms with Gasteiger partial charge in [0.25, 0.3) is 0 Å². The van der Waals surface area contributed by atoms with Crippen LogP contribution < -0.4 is 4.90 Å². The van der Waals surface area contributed by atoms with Gasteiger partial charge in [-0.2, -0.15) is 0 Å². The third kappa shape index (κ3) is 3.43. The molecule has 0 aromatic heterocycles. The first-order valence-corrected chi connectivity index (χ1v) is 7.68. The lowest BCUT2D eigenvalue weighted by molar-refractivity contribution is 0.0800. The number of hydrogen-bond donors (Lipinski definition) is 0. The topological polar surface area (TPSA) is 38.8 Å². The molecule has 1 aliphatic rings. The number of fused-ring (bicyclic) bond motifs is 1. The Kier molecular flexibility index (Phi) is 4.74. The maximum Gasteiger partial charge on any atom is 0.417 e. The Morgan fingerprint density at radius 2 is 1.83 bits per heavy atom. The molecule has 2 aromatic carbocycles. The lowest BCUT2D eigenvalue weighted by Crippen LogP contribution is -2.43. The molecule has 4 heteroatoms. The van der Waals surface area contributed by atoms with Crippen LogP contribution >= 0.6 is 0 Å². The summed E-state index contributed by atoms with van der Waals surface area (Å²) >= 11 is 0. The molecular formula is C19H19NO3. The third-order valence-corrected chi connectivity index (χ3v) is 3.63. The van der Waals surface area contributed by atoms with Crippen LogP contribution in [0.25, 0.3) is 6.08 Å². The Morgan fingerprint density at radius 3 is 2.61 bits per heavy atom. The zero-order valence-corrected chi connectivity index (χ0v) is 13.0. The van der Waals surface area contributed by atoms with E-state index in [-0.39, 0.29) is 6.61 Å². The average molecular weight is 309 g/mol. The molecule has 0 saturated carbocycles. The monoisotopic (exact) mass is 309 g/mol. The number of amides is 1. The zero-order valence-electron chi connectivity index (χ0n) is 13.0. The quantitative estimate of drug-likeness (QED) is 0.849. The second-order valence-corrected chi connectivity index (χ2v) is 5.17. The van der Waals surface area contributed by atoms with E-state index in [1.807, 2.05) is 73.7 Å². The van der Waals surface area contributed by atoms with Gasteiger partial charge in [-0.15, -0.1) is 0 Å². The lowest BCUT2D eigenvalue weighted by atomic mass is 10.1. The molecule has 4 nitrogen and oxygen atoms in total. The summed E-state index contributed by atoms with van der Waals surface area (Å²) in [6.07, 6.45) is 2.98. The van der Waals surface area contributed by atoms with E-state index in [0.717, 1.165) is 16.8 Å². The predicted molar refractivity (Wildman–Crippen MR) is 90.0 cm³/mol. The number of benzene rings is 2. The van der Waals surface area contributed by atoms with Crippen molar-refractivity contribution in [1.82, 2.24) is 0 Å². The maximum atomic E-state index is 12.6. The van der Waals surface area contributed by atoms with E-state index in [2.05, 4.69) is 0 Å². The fourth-order valence-electron chi connectivity index (χ4n) is 2.55. The normalized spacial score (nSPS) is 16.0. The number of rotatable bonds is 4. The van der Waals surface area contributed by atoms with E-state index in [9.17, 15) is 4.79 Å². The number of ether oxygens (including phenoxy) is 2. The molecule has 0 N–H and O–H groups in total. The number of para-hydroxylation sites is 1. The van der Waals surface area contributed by atoms with Crippen molar-refractivity contribution < 1.29 is 14.3 Å². The van der Waals surface area contributed by atoms with E-state index in [1.165, 1.54) is 0 Å². The number of nitrogens with zero attached hydrogens (tertiary/aromatic N) is 1. The van der Waals surface area contributed by atoms with Crippen LogP contribution in [0.4, 0.5) is 10.5 Å². The molecule has 1 aliphatic heterocycles. The van der Waals surface area contributed by atoms with Gasteiger partial charge in [0.15, 0.2) is 6.23 Å². The van der Waals surface area contributed by atoms with E-state index < -0.39 is 12.3 Å². The Morgan fingerprint density at radius 1 is 1.09 bits per heavy atom. The van der Waals surface area contributed by atoms with Crippen molar-refractivity contribution in [1.29, 1.82) is 0 Å². The lowest BCUT2D eigenvalue weighted by Gasteiger charge is -2.32. The SMILES string of the molecule is CCOC1C=Cc2ccccc2N1C(=O)OCc1ccccc1. The average Bonchev–Trinajstić information content (AvgIpc) is 2.60. The van der Waals surface area contributed by atoms with Gasteiger partial charge < -0.3 is 9.47 Å². The Bertz CT molecular complexity index is 697. The van der Waals surface area contributed by atoms with Crippen molar-refractivity contribution in [3.63, 3.8) is 0 Å². The Hall–Kier alpha value is -2.59. The first-order chi connectivity index (χ1) is 11.3. The summed E-state index contributed by atoms with van der Waals surface area (Å²) in [5.74, 6) is 0. The number of carbonyl (C=O) groups excluding carboxylic acids is 1. The summed E-state index contributed by atoms with van der Waals surface area (Å²) in [6.45, 7) is 2.66. The zero-order chi connectivity index (χ0) is 16.1. The molecular weight excluding hydrogens is 290 g/mol. The number of carbonyl (C=O) groups is 1. The van der Waals surface area contributed by atoms with Crippen molar-refractivity contribution >= 4 is 17.9 Å². The molecule has 0 bridgehead atoms. The highest BCUT2D eigenvalue weighted by atomic mass is 16.6. The van der Waals surface area contributed by atoms with Gasteiger partial charge in [0.2, 0.25) is 0 Å². The van der Waals surface area contributed by atoms with Crippen LogP contribution in [0, 0.1) is 0 Å². The van der Waals surface area contributed by atoms with Gasteiger partial charge in [-0.1, -0.05) is 54.6 Å². The molecule has 1 amide bonds. The summed E-state index contributed by atoms with van der Waals surface area (Å²) in [5, 5.41) is 0. The summed E-state index contributed by atoms with van der Waals surface area (Å²) in [6, 6.07) is 17.3. The fourth-order valence-corrected chi connectivity index (χ4v) is 2.55. The molecule has 3 rings (SSSR count). The first kappa shape index (κ1) is 15.3. The molecule has 23 heavy (non-hydrogen) atoms. The fraction of sp³-hybridized carbons (Fsp3) is 0.211. The van der Waals surface area contributed by atoms with Gasteiger partial charge >= 0.3 is 6.09 Å². The molecule has 0 aliphatic carbocycles. The molecule has 118 valence electrons. The number of anilines is 1. The molecule has 0 fully saturated rings. The van der Waals surface area contributed by atoms with E-state index >= 15 is 0 Å². The molecule has 1 unspecified atom stereocenters. The molecule has 0 spiro atoms. The van der Waals surface area contributed by atoms with Crippen LogP contribution in [0.1, 0.15) is 18.1 Å². The summed E-state index contributed by atoms with van der Waals surface area (Å²) in [5.41, 5.74) is 2.72. The highest BCUT2D eigenvalue weighted by Crippen LogP contribution is 2.30. The first-order valence-electron chi connectivity index (χ1n) is 7.68. The van der Waals surface area contributed by atoms with Crippen molar-refractivity contribution in [3.05, 3.63) is 71.8 Å². The van der Waals surface area contributed by atoms with Crippen LogP contribution in [0.5, 0.6) is 0 Å². The molecule has 2 aromatic rings. The van der Waals surface area contributed by atoms with Crippen molar-refractivity contribution in [2.24, 2.45) is 0 Å². The van der Waals surface area contributed by atoms with Gasteiger partial charge in [0, 0.05) is 6.61 Å². The van der Waals surface area contributed by atoms with Crippen molar-refractivity contribution in [3.8, 4) is 0 Å². The highest BCUT2D eigenvalue weighted by molar-refractivity contribution is 5.93. The standard InChI is InChI=1S/C19H19NO3/c1-2-22-18-13-12-16-10-6-7-11-17(16)20(18)19(21)23-14-15-8-4-3-5-9-15/h3-13,18H,2,14H2,1H3. The summed E-state index contributed by atoms with van der Waals surface area (Å²) in [7, 11) is 0. The summed E-state index contributed by atoms with van der Waals surface area (Å²) < 4.78 is 11.1. The van der Waals surface area contributed by atoms with Gasteiger partial charge in [0.05, 0.1) is 5.69 Å². The van der Waals surface area contributed by atoms with Gasteiger partial charge in [0.1, 0.15) is 6.61 Å². The van der Waals surface area contributed by atoms with E-state index in [1.54, 1.807) is 4.90 Å². The van der Waals surface area contributed by atoms with Crippen molar-refractivity contribution in [2.45, 2.75) is 19.8 Å². The largest absolute Gasteiger partial charge is 0.444 e. The minimum absolute atomic E-state index is 0.237. The van der Waals surface area contributed by atoms with Crippen LogP contribution in [0.3, 0.4) is 0 Å². The Balaban J connectivity index is 1.79. The van der Waals surface area contributed by atoms with Gasteiger partial charge in [-0.3, -0.25) is 0 Å². The van der Waals surface area contributed by atoms with Crippen LogP contribution in [-0.2, 0) is 16.1 Å². The Labute approximate surface area is 135 Å².